The summed E-state index contributed by atoms with van der Waals surface area (Å²) in [6, 6.07) is 7.92. The summed E-state index contributed by atoms with van der Waals surface area (Å²) in [7, 11) is 0. The molecule has 0 aromatic heterocycles. The summed E-state index contributed by atoms with van der Waals surface area (Å²) in [5.74, 6) is 0.811. The Morgan fingerprint density at radius 3 is 2.88 bits per heavy atom. The number of nitrogens with one attached hydrogen (secondary N) is 1. The zero-order valence-electron chi connectivity index (χ0n) is 15.3. The average molecular weight is 346 g/mol. The molecule has 134 valence electrons. The van der Waals surface area contributed by atoms with Crippen LogP contribution in [0.5, 0.6) is 0 Å². The van der Waals surface area contributed by atoms with Gasteiger partial charge in [0.1, 0.15) is 0 Å². The van der Waals surface area contributed by atoms with Crippen molar-refractivity contribution in [3.05, 3.63) is 46.5 Å². The first kappa shape index (κ1) is 13.9. The fourth-order valence-corrected chi connectivity index (χ4v) is 8.85. The molecule has 4 aliphatic heterocycles. The van der Waals surface area contributed by atoms with Crippen LogP contribution in [0.15, 0.2) is 29.8 Å². The number of rotatable bonds is 0. The van der Waals surface area contributed by atoms with Crippen LogP contribution >= 0.6 is 0 Å². The van der Waals surface area contributed by atoms with E-state index in [4.69, 9.17) is 4.74 Å². The molecule has 3 nitrogen and oxygen atoms in total. The lowest BCUT2D eigenvalue weighted by atomic mass is 9.46. The predicted molar refractivity (Wildman–Crippen MR) is 99.3 cm³/mol. The van der Waals surface area contributed by atoms with Gasteiger partial charge in [0.05, 0.1) is 23.8 Å². The minimum atomic E-state index is 0.0974. The predicted octanol–water partition coefficient (Wildman–Crippen LogP) is 2.95. The largest absolute Gasteiger partial charge is 0.375 e. The average Bonchev–Trinajstić information content (AvgIpc) is 3.47. The van der Waals surface area contributed by atoms with Gasteiger partial charge in [-0.1, -0.05) is 29.8 Å². The number of hydrogen-bond acceptors (Lipinski definition) is 3. The molecule has 1 aromatic rings. The standard InChI is InChI=1S/C23H26N2O/c1-2-17-15-4-6-21(7-5-15)20(17)18(3-1)23(9-14-8-19(23)24-11-14)25-12-16-10-22(21,25)13-26-16/h1-3,9,15-16,19,24H,4-8,10-13H2. The lowest BCUT2D eigenvalue weighted by Crippen LogP contribution is -2.75. The maximum Gasteiger partial charge on any atom is 0.0816 e. The maximum absolute atomic E-state index is 6.37. The van der Waals surface area contributed by atoms with E-state index in [0.717, 1.165) is 25.6 Å². The fourth-order valence-electron chi connectivity index (χ4n) is 8.85. The van der Waals surface area contributed by atoms with Crippen molar-refractivity contribution < 1.29 is 4.74 Å². The molecule has 1 saturated carbocycles. The number of morpholine rings is 1. The first-order valence-corrected chi connectivity index (χ1v) is 10.7. The van der Waals surface area contributed by atoms with E-state index in [-0.39, 0.29) is 11.1 Å². The number of benzene rings is 1. The van der Waals surface area contributed by atoms with E-state index in [2.05, 4.69) is 34.5 Å². The van der Waals surface area contributed by atoms with Crippen LogP contribution in [0.3, 0.4) is 0 Å². The second-order valence-electron chi connectivity index (χ2n) is 10.2. The molecular formula is C23H26N2O. The van der Waals surface area contributed by atoms with E-state index >= 15 is 0 Å². The van der Waals surface area contributed by atoms with Crippen molar-refractivity contribution in [1.82, 2.24) is 10.2 Å². The van der Waals surface area contributed by atoms with Crippen LogP contribution < -0.4 is 5.32 Å². The Morgan fingerprint density at radius 1 is 1.19 bits per heavy atom. The Hall–Kier alpha value is -1.16. The quantitative estimate of drug-likeness (QED) is 0.731. The third-order valence-corrected chi connectivity index (χ3v) is 9.65. The van der Waals surface area contributed by atoms with Crippen molar-refractivity contribution in [2.75, 3.05) is 19.7 Å². The lowest BCUT2D eigenvalue weighted by molar-refractivity contribution is -0.122. The lowest BCUT2D eigenvalue weighted by Gasteiger charge is -2.68. The first-order chi connectivity index (χ1) is 12.8. The van der Waals surface area contributed by atoms with Crippen molar-refractivity contribution in [2.45, 2.75) is 73.1 Å². The molecule has 1 aromatic carbocycles. The van der Waals surface area contributed by atoms with Crippen molar-refractivity contribution in [3.8, 4) is 0 Å². The van der Waals surface area contributed by atoms with Gasteiger partial charge in [0.25, 0.3) is 0 Å². The van der Waals surface area contributed by atoms with Crippen LogP contribution in [0.2, 0.25) is 0 Å². The summed E-state index contributed by atoms with van der Waals surface area (Å²) >= 11 is 0. The normalized spacial score (nSPS) is 51.8. The van der Waals surface area contributed by atoms with E-state index < -0.39 is 0 Å². The van der Waals surface area contributed by atoms with Crippen LogP contribution in [0.25, 0.3) is 0 Å². The fraction of sp³-hybridized carbons (Fsp3) is 0.652. The second-order valence-corrected chi connectivity index (χ2v) is 10.2. The molecule has 4 atom stereocenters. The van der Waals surface area contributed by atoms with E-state index in [9.17, 15) is 0 Å². The molecule has 3 spiro atoms. The summed E-state index contributed by atoms with van der Waals surface area (Å²) in [5.41, 5.74) is 7.51. The highest BCUT2D eigenvalue weighted by Crippen LogP contribution is 2.70. The molecule has 0 amide bonds. The first-order valence-electron chi connectivity index (χ1n) is 10.7. The minimum absolute atomic E-state index is 0.0974. The maximum atomic E-state index is 6.37. The number of ether oxygens (including phenoxy) is 1. The summed E-state index contributed by atoms with van der Waals surface area (Å²) in [4.78, 5) is 2.98. The molecule has 8 aliphatic rings. The van der Waals surface area contributed by atoms with Gasteiger partial charge in [0, 0.05) is 24.5 Å². The highest BCUT2D eigenvalue weighted by molar-refractivity contribution is 5.60. The Balaban J connectivity index is 1.54. The summed E-state index contributed by atoms with van der Waals surface area (Å²) in [5, 5.41) is 3.89. The van der Waals surface area contributed by atoms with Gasteiger partial charge < -0.3 is 10.1 Å². The molecule has 4 fully saturated rings. The van der Waals surface area contributed by atoms with Gasteiger partial charge >= 0.3 is 0 Å². The van der Waals surface area contributed by atoms with E-state index in [0.29, 0.717) is 17.6 Å². The van der Waals surface area contributed by atoms with Crippen molar-refractivity contribution in [1.29, 1.82) is 0 Å². The Labute approximate surface area is 154 Å². The highest BCUT2D eigenvalue weighted by Gasteiger charge is 2.74. The molecule has 1 N–H and O–H groups in total. The van der Waals surface area contributed by atoms with Crippen molar-refractivity contribution >= 4 is 0 Å². The molecule has 0 radical (unpaired) electrons. The zero-order valence-corrected chi connectivity index (χ0v) is 15.3. The van der Waals surface area contributed by atoms with E-state index in [1.54, 1.807) is 22.3 Å². The highest BCUT2D eigenvalue weighted by atomic mass is 16.5. The molecule has 4 heterocycles. The van der Waals surface area contributed by atoms with Crippen LogP contribution in [0.1, 0.15) is 61.1 Å². The van der Waals surface area contributed by atoms with Crippen LogP contribution in [0.4, 0.5) is 0 Å². The SMILES string of the molecule is C1=C2CNC(C2)C12c1cccc3c1C1(CCC3CC1)C13COC(CN21)C3. The summed E-state index contributed by atoms with van der Waals surface area (Å²) in [6.45, 7) is 3.21. The van der Waals surface area contributed by atoms with Crippen LogP contribution in [0, 0.1) is 0 Å². The molecule has 3 heteroatoms. The van der Waals surface area contributed by atoms with Gasteiger partial charge in [-0.3, -0.25) is 4.90 Å². The Morgan fingerprint density at radius 2 is 2.12 bits per heavy atom. The molecule has 3 saturated heterocycles. The smallest absolute Gasteiger partial charge is 0.0816 e. The van der Waals surface area contributed by atoms with Crippen molar-refractivity contribution in [3.63, 3.8) is 0 Å². The third kappa shape index (κ3) is 1.16. The van der Waals surface area contributed by atoms with Crippen LogP contribution in [-0.2, 0) is 15.7 Å². The van der Waals surface area contributed by atoms with Gasteiger partial charge in [-0.05, 0) is 61.1 Å². The topological polar surface area (TPSA) is 24.5 Å². The number of nitrogens with zero attached hydrogens (tertiary/aromatic N) is 1. The number of hydrogen-bond donors (Lipinski definition) is 1. The Kier molecular flexibility index (Phi) is 2.14. The van der Waals surface area contributed by atoms with Crippen molar-refractivity contribution in [2.24, 2.45) is 0 Å². The molecule has 4 unspecified atom stereocenters. The van der Waals surface area contributed by atoms with E-state index in [1.807, 2.05) is 0 Å². The molecular weight excluding hydrogens is 320 g/mol. The van der Waals surface area contributed by atoms with E-state index in [1.165, 1.54) is 38.5 Å². The molecule has 9 rings (SSSR count). The van der Waals surface area contributed by atoms with Gasteiger partial charge in [0.2, 0.25) is 0 Å². The summed E-state index contributed by atoms with van der Waals surface area (Å²) < 4.78 is 6.37. The molecule has 4 aliphatic carbocycles. The Bertz CT molecular complexity index is 897. The third-order valence-electron chi connectivity index (χ3n) is 9.65. The van der Waals surface area contributed by atoms with Gasteiger partial charge in [-0.2, -0.15) is 0 Å². The van der Waals surface area contributed by atoms with Gasteiger partial charge in [-0.25, -0.2) is 0 Å². The van der Waals surface area contributed by atoms with Gasteiger partial charge in [-0.15, -0.1) is 0 Å². The van der Waals surface area contributed by atoms with Crippen LogP contribution in [-0.4, -0.2) is 42.3 Å². The molecule has 6 bridgehead atoms. The van der Waals surface area contributed by atoms with Gasteiger partial charge in [0.15, 0.2) is 0 Å². The minimum Gasteiger partial charge on any atom is -0.375 e. The summed E-state index contributed by atoms with van der Waals surface area (Å²) in [6.07, 6.45) is 11.2. The number of fused-ring (bicyclic) bond motifs is 8. The molecule has 26 heavy (non-hydrogen) atoms. The second kappa shape index (κ2) is 3.99. The monoisotopic (exact) mass is 346 g/mol. The zero-order chi connectivity index (χ0) is 16.7.